The Morgan fingerprint density at radius 1 is 1.36 bits per heavy atom. The predicted octanol–water partition coefficient (Wildman–Crippen LogP) is 3.22. The van der Waals surface area contributed by atoms with Gasteiger partial charge in [0, 0.05) is 25.7 Å². The molecule has 0 aliphatic carbocycles. The van der Waals surface area contributed by atoms with E-state index < -0.39 is 0 Å². The number of ether oxygens (including phenoxy) is 1. The molecule has 0 saturated carbocycles. The van der Waals surface area contributed by atoms with Gasteiger partial charge in [0.15, 0.2) is 0 Å². The number of rotatable bonds is 7. The molecule has 0 radical (unpaired) electrons. The first-order valence-corrected chi connectivity index (χ1v) is 9.13. The SMILES string of the molecule is COc1cccc(CCC2CCCN(C(=O)CCc3cn[nH]c3)C2)c1. The molecule has 5 nitrogen and oxygen atoms in total. The van der Waals surface area contributed by atoms with E-state index in [4.69, 9.17) is 4.74 Å². The van der Waals surface area contributed by atoms with Crippen LogP contribution in [0.2, 0.25) is 0 Å². The topological polar surface area (TPSA) is 58.2 Å². The highest BCUT2D eigenvalue weighted by atomic mass is 16.5. The minimum absolute atomic E-state index is 0.271. The highest BCUT2D eigenvalue weighted by Crippen LogP contribution is 2.23. The minimum Gasteiger partial charge on any atom is -0.497 e. The number of carbonyl (C=O) groups excluding carboxylic acids is 1. The molecule has 2 heterocycles. The molecule has 0 bridgehead atoms. The molecule has 1 aliphatic heterocycles. The van der Waals surface area contributed by atoms with Gasteiger partial charge >= 0.3 is 0 Å². The smallest absolute Gasteiger partial charge is 0.222 e. The average molecular weight is 341 g/mol. The van der Waals surface area contributed by atoms with Crippen molar-refractivity contribution in [3.63, 3.8) is 0 Å². The Morgan fingerprint density at radius 3 is 3.08 bits per heavy atom. The van der Waals surface area contributed by atoms with Crippen LogP contribution >= 0.6 is 0 Å². The maximum Gasteiger partial charge on any atom is 0.222 e. The van der Waals surface area contributed by atoms with Gasteiger partial charge in [-0.3, -0.25) is 9.89 Å². The van der Waals surface area contributed by atoms with Crippen molar-refractivity contribution in [1.29, 1.82) is 0 Å². The van der Waals surface area contributed by atoms with Gasteiger partial charge in [-0.25, -0.2) is 0 Å². The third-order valence-electron chi connectivity index (χ3n) is 5.03. The van der Waals surface area contributed by atoms with E-state index in [0.717, 1.165) is 50.1 Å². The number of hydrogen-bond donors (Lipinski definition) is 1. The van der Waals surface area contributed by atoms with Gasteiger partial charge in [0.05, 0.1) is 13.3 Å². The van der Waals surface area contributed by atoms with Crippen LogP contribution in [0.3, 0.4) is 0 Å². The predicted molar refractivity (Wildman–Crippen MR) is 97.5 cm³/mol. The summed E-state index contributed by atoms with van der Waals surface area (Å²) in [6, 6.07) is 8.28. The molecule has 1 amide bonds. The second kappa shape index (κ2) is 8.70. The molecule has 134 valence electrons. The zero-order chi connectivity index (χ0) is 17.5. The molecule has 25 heavy (non-hydrogen) atoms. The lowest BCUT2D eigenvalue weighted by molar-refractivity contribution is -0.133. The van der Waals surface area contributed by atoms with Crippen molar-refractivity contribution in [3.8, 4) is 5.75 Å². The van der Waals surface area contributed by atoms with E-state index in [-0.39, 0.29) is 5.91 Å². The fraction of sp³-hybridized carbons (Fsp3) is 0.500. The Morgan fingerprint density at radius 2 is 2.28 bits per heavy atom. The molecular weight excluding hydrogens is 314 g/mol. The minimum atomic E-state index is 0.271. The monoisotopic (exact) mass is 341 g/mol. The maximum absolute atomic E-state index is 12.5. The van der Waals surface area contributed by atoms with Crippen LogP contribution in [0, 0.1) is 5.92 Å². The summed E-state index contributed by atoms with van der Waals surface area (Å²) < 4.78 is 5.29. The number of benzene rings is 1. The van der Waals surface area contributed by atoms with Crippen molar-refractivity contribution in [2.24, 2.45) is 5.92 Å². The average Bonchev–Trinajstić information content (AvgIpc) is 3.18. The fourth-order valence-electron chi connectivity index (χ4n) is 3.55. The van der Waals surface area contributed by atoms with Gasteiger partial charge in [0.2, 0.25) is 5.91 Å². The normalized spacial score (nSPS) is 17.5. The third kappa shape index (κ3) is 5.08. The van der Waals surface area contributed by atoms with Crippen molar-refractivity contribution in [2.45, 2.75) is 38.5 Å². The van der Waals surface area contributed by atoms with Crippen LogP contribution in [-0.2, 0) is 17.6 Å². The lowest BCUT2D eigenvalue weighted by Crippen LogP contribution is -2.40. The summed E-state index contributed by atoms with van der Waals surface area (Å²) >= 11 is 0. The van der Waals surface area contributed by atoms with Crippen LogP contribution < -0.4 is 4.74 Å². The molecule has 1 aromatic heterocycles. The number of carbonyl (C=O) groups is 1. The number of aromatic amines is 1. The zero-order valence-electron chi connectivity index (χ0n) is 14.9. The standard InChI is InChI=1S/C20H27N3O2/c1-25-19-6-2-4-16(12-19)7-8-17-5-3-11-23(15-17)20(24)10-9-18-13-21-22-14-18/h2,4,6,12-14,17H,3,5,7-11,15H2,1H3,(H,21,22). The van der Waals surface area contributed by atoms with Crippen LogP contribution in [0.4, 0.5) is 0 Å². The quantitative estimate of drug-likeness (QED) is 0.841. The molecule has 1 aliphatic rings. The molecule has 1 saturated heterocycles. The number of methoxy groups -OCH3 is 1. The van der Waals surface area contributed by atoms with E-state index in [9.17, 15) is 4.79 Å². The molecule has 5 heteroatoms. The molecule has 1 atom stereocenters. The van der Waals surface area contributed by atoms with Crippen molar-refractivity contribution < 1.29 is 9.53 Å². The van der Waals surface area contributed by atoms with Crippen LogP contribution in [0.25, 0.3) is 0 Å². The number of nitrogens with zero attached hydrogens (tertiary/aromatic N) is 2. The maximum atomic E-state index is 12.5. The molecule has 1 aromatic carbocycles. The van der Waals surface area contributed by atoms with Crippen LogP contribution in [-0.4, -0.2) is 41.2 Å². The van der Waals surface area contributed by atoms with Crippen LogP contribution in [0.1, 0.15) is 36.8 Å². The van der Waals surface area contributed by atoms with Gasteiger partial charge in [0.1, 0.15) is 5.75 Å². The largest absolute Gasteiger partial charge is 0.497 e. The molecule has 2 aromatic rings. The summed E-state index contributed by atoms with van der Waals surface area (Å²) in [7, 11) is 1.70. The van der Waals surface area contributed by atoms with Gasteiger partial charge < -0.3 is 9.64 Å². The molecule has 1 N–H and O–H groups in total. The van der Waals surface area contributed by atoms with E-state index in [0.29, 0.717) is 12.3 Å². The van der Waals surface area contributed by atoms with Gasteiger partial charge in [-0.1, -0.05) is 12.1 Å². The van der Waals surface area contributed by atoms with Crippen molar-refractivity contribution in [1.82, 2.24) is 15.1 Å². The summed E-state index contributed by atoms with van der Waals surface area (Å²) in [5.41, 5.74) is 2.41. The van der Waals surface area contributed by atoms with Crippen molar-refractivity contribution >= 4 is 5.91 Å². The van der Waals surface area contributed by atoms with Gasteiger partial charge in [-0.15, -0.1) is 0 Å². The number of hydrogen-bond acceptors (Lipinski definition) is 3. The zero-order valence-corrected chi connectivity index (χ0v) is 14.9. The van der Waals surface area contributed by atoms with Crippen molar-refractivity contribution in [3.05, 3.63) is 47.8 Å². The number of piperidine rings is 1. The Hall–Kier alpha value is -2.30. The summed E-state index contributed by atoms with van der Waals surface area (Å²) in [6.45, 7) is 1.80. The Labute approximate surface area is 149 Å². The van der Waals surface area contributed by atoms with E-state index >= 15 is 0 Å². The molecule has 3 rings (SSSR count). The highest BCUT2D eigenvalue weighted by molar-refractivity contribution is 5.76. The first-order chi connectivity index (χ1) is 12.2. The molecule has 0 spiro atoms. The number of H-pyrrole nitrogens is 1. The fourth-order valence-corrected chi connectivity index (χ4v) is 3.55. The van der Waals surface area contributed by atoms with E-state index in [1.807, 2.05) is 18.3 Å². The Kier molecular flexibility index (Phi) is 6.09. The van der Waals surface area contributed by atoms with Crippen LogP contribution in [0.5, 0.6) is 5.75 Å². The number of amides is 1. The highest BCUT2D eigenvalue weighted by Gasteiger charge is 2.23. The second-order valence-corrected chi connectivity index (χ2v) is 6.84. The first kappa shape index (κ1) is 17.5. The number of aryl methyl sites for hydroxylation is 2. The number of aromatic nitrogens is 2. The number of likely N-dealkylation sites (tertiary alicyclic amines) is 1. The summed E-state index contributed by atoms with van der Waals surface area (Å²) in [4.78, 5) is 14.5. The lowest BCUT2D eigenvalue weighted by atomic mass is 9.91. The Balaban J connectivity index is 1.46. The van der Waals surface area contributed by atoms with E-state index in [1.54, 1.807) is 13.3 Å². The molecule has 1 unspecified atom stereocenters. The Bertz CT molecular complexity index is 669. The van der Waals surface area contributed by atoms with E-state index in [1.165, 1.54) is 12.0 Å². The van der Waals surface area contributed by atoms with Gasteiger partial charge in [0.25, 0.3) is 0 Å². The third-order valence-corrected chi connectivity index (χ3v) is 5.03. The summed E-state index contributed by atoms with van der Waals surface area (Å²) in [5.74, 6) is 1.78. The lowest BCUT2D eigenvalue weighted by Gasteiger charge is -2.33. The first-order valence-electron chi connectivity index (χ1n) is 9.13. The summed E-state index contributed by atoms with van der Waals surface area (Å²) in [6.07, 6.45) is 9.48. The van der Waals surface area contributed by atoms with Gasteiger partial charge in [-0.2, -0.15) is 5.10 Å². The summed E-state index contributed by atoms with van der Waals surface area (Å²) in [5, 5.41) is 6.73. The number of nitrogens with one attached hydrogen (secondary N) is 1. The molecule has 1 fully saturated rings. The van der Waals surface area contributed by atoms with Gasteiger partial charge in [-0.05, 0) is 61.3 Å². The second-order valence-electron chi connectivity index (χ2n) is 6.84. The van der Waals surface area contributed by atoms with Crippen LogP contribution in [0.15, 0.2) is 36.7 Å². The van der Waals surface area contributed by atoms with E-state index in [2.05, 4.69) is 27.2 Å². The van der Waals surface area contributed by atoms with Crippen molar-refractivity contribution in [2.75, 3.05) is 20.2 Å². The molecular formula is C20H27N3O2.